The molecule has 9 nitrogen and oxygen atoms in total. The lowest BCUT2D eigenvalue weighted by molar-refractivity contribution is -0.133. The van der Waals surface area contributed by atoms with Crippen LogP contribution in [0.4, 0.5) is 22.7 Å². The zero-order valence-corrected chi connectivity index (χ0v) is 17.4. The number of nitrogens with one attached hydrogen (secondary N) is 3. The van der Waals surface area contributed by atoms with E-state index in [1.54, 1.807) is 49.4 Å². The number of hydrogen-bond acceptors (Lipinski definition) is 5. The maximum atomic E-state index is 12.3. The number of amides is 3. The molecule has 0 radical (unpaired) electrons. The summed E-state index contributed by atoms with van der Waals surface area (Å²) >= 11 is 0. The first-order valence-electron chi connectivity index (χ1n) is 9.27. The van der Waals surface area contributed by atoms with Gasteiger partial charge in [-0.05, 0) is 55.3 Å². The minimum absolute atomic E-state index is 0.0890. The molecular formula is C20H22N4O5S. The van der Waals surface area contributed by atoms with Crippen LogP contribution < -0.4 is 20.3 Å². The van der Waals surface area contributed by atoms with Crippen molar-refractivity contribution in [3.63, 3.8) is 0 Å². The third-order valence-corrected chi connectivity index (χ3v) is 6.40. The van der Waals surface area contributed by atoms with Crippen LogP contribution in [-0.2, 0) is 24.4 Å². The molecule has 30 heavy (non-hydrogen) atoms. The van der Waals surface area contributed by atoms with Gasteiger partial charge in [0.2, 0.25) is 15.9 Å². The fraction of sp³-hybridized carbons (Fsp3) is 0.250. The summed E-state index contributed by atoms with van der Waals surface area (Å²) in [5, 5.41) is 7.61. The number of sulfonamides is 1. The first kappa shape index (κ1) is 21.3. The maximum Gasteiger partial charge on any atom is 0.314 e. The van der Waals surface area contributed by atoms with Gasteiger partial charge in [-0.2, -0.15) is 0 Å². The van der Waals surface area contributed by atoms with Gasteiger partial charge in [-0.3, -0.25) is 18.7 Å². The average molecular weight is 430 g/mol. The predicted octanol–water partition coefficient (Wildman–Crippen LogP) is 2.07. The highest BCUT2D eigenvalue weighted by molar-refractivity contribution is 7.93. The molecule has 0 bridgehead atoms. The summed E-state index contributed by atoms with van der Waals surface area (Å²) < 4.78 is 25.6. The molecule has 10 heteroatoms. The van der Waals surface area contributed by atoms with Crippen molar-refractivity contribution in [3.8, 4) is 0 Å². The maximum absolute atomic E-state index is 12.3. The Kier molecular flexibility index (Phi) is 6.06. The van der Waals surface area contributed by atoms with Crippen molar-refractivity contribution >= 4 is 50.5 Å². The van der Waals surface area contributed by atoms with E-state index in [0.717, 1.165) is 0 Å². The van der Waals surface area contributed by atoms with E-state index in [1.165, 1.54) is 11.2 Å². The van der Waals surface area contributed by atoms with E-state index < -0.39 is 21.8 Å². The van der Waals surface area contributed by atoms with E-state index in [0.29, 0.717) is 41.3 Å². The van der Waals surface area contributed by atoms with Crippen LogP contribution in [0.3, 0.4) is 0 Å². The number of hydrogen-bond donors (Lipinski definition) is 3. The smallest absolute Gasteiger partial charge is 0.314 e. The molecule has 1 heterocycles. The Morgan fingerprint density at radius 3 is 2.07 bits per heavy atom. The Bertz CT molecular complexity index is 1100. The normalized spacial score (nSPS) is 14.8. The number of carbonyl (C=O) groups is 3. The predicted molar refractivity (Wildman–Crippen MR) is 115 cm³/mol. The monoisotopic (exact) mass is 430 g/mol. The van der Waals surface area contributed by atoms with Crippen molar-refractivity contribution in [1.82, 2.24) is 0 Å². The second-order valence-corrected chi connectivity index (χ2v) is 8.92. The summed E-state index contributed by atoms with van der Waals surface area (Å²) in [4.78, 5) is 35.6. The topological polar surface area (TPSA) is 125 Å². The summed E-state index contributed by atoms with van der Waals surface area (Å²) in [6.07, 6.45) is 0.543. The van der Waals surface area contributed by atoms with Crippen molar-refractivity contribution in [1.29, 1.82) is 0 Å². The summed E-state index contributed by atoms with van der Waals surface area (Å²) in [6, 6.07) is 11.2. The van der Waals surface area contributed by atoms with Crippen LogP contribution in [0, 0.1) is 6.92 Å². The first-order chi connectivity index (χ1) is 14.2. The van der Waals surface area contributed by atoms with E-state index in [9.17, 15) is 22.8 Å². The third kappa shape index (κ3) is 4.95. The summed E-state index contributed by atoms with van der Waals surface area (Å²) in [6.45, 7) is 3.51. The van der Waals surface area contributed by atoms with Gasteiger partial charge >= 0.3 is 11.8 Å². The SMILES string of the molecule is CC(=O)Nc1ccc(NC(=O)C(=O)Nc2cc(N3CCCS3(=O)=O)ccc2C)cc1. The molecule has 3 rings (SSSR count). The van der Waals surface area contributed by atoms with Gasteiger partial charge < -0.3 is 16.0 Å². The second-order valence-electron chi connectivity index (χ2n) is 6.91. The van der Waals surface area contributed by atoms with Crippen molar-refractivity contribution < 1.29 is 22.8 Å². The van der Waals surface area contributed by atoms with E-state index in [2.05, 4.69) is 16.0 Å². The lowest BCUT2D eigenvalue weighted by Crippen LogP contribution is -2.29. The van der Waals surface area contributed by atoms with Crippen LogP contribution in [-0.4, -0.2) is 38.4 Å². The minimum Gasteiger partial charge on any atom is -0.326 e. The van der Waals surface area contributed by atoms with Gasteiger partial charge in [0.15, 0.2) is 0 Å². The van der Waals surface area contributed by atoms with Gasteiger partial charge in [-0.25, -0.2) is 8.42 Å². The molecule has 0 spiro atoms. The standard InChI is InChI=1S/C20H22N4O5S/c1-13-4-9-17(24-10-3-11-30(24,28)29)12-18(13)23-20(27)19(26)22-16-7-5-15(6-8-16)21-14(2)25/h4-9,12H,3,10-11H2,1-2H3,(H,21,25)(H,22,26)(H,23,27). The Hall–Kier alpha value is -3.40. The van der Waals surface area contributed by atoms with Crippen LogP contribution in [0.15, 0.2) is 42.5 Å². The molecule has 1 aliphatic heterocycles. The number of nitrogens with zero attached hydrogens (tertiary/aromatic N) is 1. The van der Waals surface area contributed by atoms with Crippen molar-refractivity contribution in [2.45, 2.75) is 20.3 Å². The Balaban J connectivity index is 1.68. The van der Waals surface area contributed by atoms with Gasteiger partial charge in [0.1, 0.15) is 0 Å². The molecule has 1 aliphatic rings. The first-order valence-corrected chi connectivity index (χ1v) is 10.9. The zero-order chi connectivity index (χ0) is 21.9. The molecule has 0 aliphatic carbocycles. The van der Waals surface area contributed by atoms with Gasteiger partial charge in [0.05, 0.1) is 11.4 Å². The van der Waals surface area contributed by atoms with Gasteiger partial charge in [-0.15, -0.1) is 0 Å². The van der Waals surface area contributed by atoms with E-state index >= 15 is 0 Å². The molecule has 2 aromatic carbocycles. The summed E-state index contributed by atoms with van der Waals surface area (Å²) in [5.41, 5.74) is 2.45. The van der Waals surface area contributed by atoms with E-state index in [-0.39, 0.29) is 11.7 Å². The highest BCUT2D eigenvalue weighted by Gasteiger charge is 2.29. The molecule has 2 aromatic rings. The van der Waals surface area contributed by atoms with Gasteiger partial charge in [-0.1, -0.05) is 6.07 Å². The Morgan fingerprint density at radius 1 is 0.900 bits per heavy atom. The number of anilines is 4. The highest BCUT2D eigenvalue weighted by Crippen LogP contribution is 2.28. The van der Waals surface area contributed by atoms with E-state index in [1.807, 2.05) is 0 Å². The summed E-state index contributed by atoms with van der Waals surface area (Å²) in [5.74, 6) is -1.89. The average Bonchev–Trinajstić information content (AvgIpc) is 3.03. The Labute approximate surface area is 174 Å². The molecular weight excluding hydrogens is 408 g/mol. The zero-order valence-electron chi connectivity index (χ0n) is 16.6. The van der Waals surface area contributed by atoms with Crippen molar-refractivity contribution in [2.24, 2.45) is 0 Å². The Morgan fingerprint density at radius 2 is 1.50 bits per heavy atom. The molecule has 0 aromatic heterocycles. The number of benzene rings is 2. The largest absolute Gasteiger partial charge is 0.326 e. The molecule has 158 valence electrons. The van der Waals surface area contributed by atoms with Crippen LogP contribution in [0.5, 0.6) is 0 Å². The minimum atomic E-state index is -3.35. The fourth-order valence-electron chi connectivity index (χ4n) is 3.04. The highest BCUT2D eigenvalue weighted by atomic mass is 32.2. The van der Waals surface area contributed by atoms with Crippen LogP contribution >= 0.6 is 0 Å². The molecule has 0 atom stereocenters. The van der Waals surface area contributed by atoms with Crippen LogP contribution in [0.2, 0.25) is 0 Å². The van der Waals surface area contributed by atoms with Crippen molar-refractivity contribution in [3.05, 3.63) is 48.0 Å². The van der Waals surface area contributed by atoms with Crippen LogP contribution in [0.25, 0.3) is 0 Å². The molecule has 0 saturated carbocycles. The number of carbonyl (C=O) groups excluding carboxylic acids is 3. The number of aryl methyl sites for hydroxylation is 1. The molecule has 3 amide bonds. The third-order valence-electron chi connectivity index (χ3n) is 4.53. The van der Waals surface area contributed by atoms with Gasteiger partial charge in [0, 0.05) is 30.5 Å². The lowest BCUT2D eigenvalue weighted by atomic mass is 10.1. The van der Waals surface area contributed by atoms with E-state index in [4.69, 9.17) is 0 Å². The molecule has 1 saturated heterocycles. The van der Waals surface area contributed by atoms with Crippen LogP contribution in [0.1, 0.15) is 18.9 Å². The molecule has 1 fully saturated rings. The van der Waals surface area contributed by atoms with Gasteiger partial charge in [0.25, 0.3) is 0 Å². The lowest BCUT2D eigenvalue weighted by Gasteiger charge is -2.19. The summed E-state index contributed by atoms with van der Waals surface area (Å²) in [7, 11) is -3.35. The second kappa shape index (κ2) is 8.54. The fourth-order valence-corrected chi connectivity index (χ4v) is 4.59. The molecule has 0 unspecified atom stereocenters. The number of rotatable bonds is 4. The van der Waals surface area contributed by atoms with Crippen molar-refractivity contribution in [2.75, 3.05) is 32.6 Å². The quantitative estimate of drug-likeness (QED) is 0.641. The molecule has 3 N–H and O–H groups in total.